The first-order valence-electron chi connectivity index (χ1n) is 17.0. The number of nitrogens with zero attached hydrogens (tertiary/aromatic N) is 1. The van der Waals surface area contributed by atoms with E-state index >= 15 is 0 Å². The van der Waals surface area contributed by atoms with Gasteiger partial charge in [-0.1, -0.05) is 116 Å². The molecule has 0 aromatic heterocycles. The maximum atomic E-state index is 11.6. The average Bonchev–Trinajstić information content (AvgIpc) is 2.93. The van der Waals surface area contributed by atoms with E-state index < -0.39 is 7.82 Å². The molecule has 0 saturated heterocycles. The molecule has 43 heavy (non-hydrogen) atoms. The van der Waals surface area contributed by atoms with E-state index in [1.165, 1.54) is 101 Å². The van der Waals surface area contributed by atoms with Gasteiger partial charge in [-0.2, -0.15) is 0 Å². The second-order valence-corrected chi connectivity index (χ2v) is 15.0. The van der Waals surface area contributed by atoms with Crippen LogP contribution in [0.25, 0.3) is 0 Å². The van der Waals surface area contributed by atoms with E-state index in [1.807, 2.05) is 0 Å². The average molecular weight is 618 g/mol. The predicted octanol–water partition coefficient (Wildman–Crippen LogP) is 10.7. The van der Waals surface area contributed by atoms with Gasteiger partial charge in [-0.05, 0) is 80.5 Å². The molecule has 0 radical (unpaired) electrons. The zero-order chi connectivity index (χ0) is 32.0. The van der Waals surface area contributed by atoms with Crippen molar-refractivity contribution in [2.45, 2.75) is 119 Å². The summed E-state index contributed by atoms with van der Waals surface area (Å²) >= 11 is 0. The van der Waals surface area contributed by atoms with Crippen LogP contribution in [0.5, 0.6) is 11.5 Å². The van der Waals surface area contributed by atoms with Crippen LogP contribution in [-0.2, 0) is 4.57 Å². The van der Waals surface area contributed by atoms with Crippen LogP contribution in [-0.4, -0.2) is 31.2 Å². The molecule has 0 aliphatic carbocycles. The van der Waals surface area contributed by atoms with Crippen LogP contribution >= 0.6 is 7.82 Å². The van der Waals surface area contributed by atoms with E-state index in [2.05, 4.69) is 48.6 Å². The zero-order valence-electron chi connectivity index (χ0n) is 28.6. The van der Waals surface area contributed by atoms with Crippen LogP contribution in [0.15, 0.2) is 60.7 Å². The first-order chi connectivity index (χ1) is 20.4. The van der Waals surface area contributed by atoms with Gasteiger partial charge in [0.25, 0.3) is 0 Å². The molecule has 0 spiro atoms. The maximum Gasteiger partial charge on any atom is 0.372 e. The Morgan fingerprint density at radius 1 is 0.558 bits per heavy atom. The lowest BCUT2D eigenvalue weighted by atomic mass is 10.0. The summed E-state index contributed by atoms with van der Waals surface area (Å²) in [6.45, 7) is 18.4. The molecule has 0 aliphatic rings. The van der Waals surface area contributed by atoms with Crippen molar-refractivity contribution in [2.75, 3.05) is 26.7 Å². The quantitative estimate of drug-likeness (QED) is 0.0749. The predicted molar refractivity (Wildman–Crippen MR) is 182 cm³/mol. The number of hydrogen-bond acceptors (Lipinski definition) is 4. The van der Waals surface area contributed by atoms with Crippen molar-refractivity contribution in [1.82, 2.24) is 0 Å². The number of unbranched alkanes of at least 4 members (excludes halogenated alkanes) is 6. The Hall–Kier alpha value is -1.81. The van der Waals surface area contributed by atoms with Crippen LogP contribution in [0, 0.1) is 17.8 Å². The fourth-order valence-electron chi connectivity index (χ4n) is 5.24. The second kappa shape index (κ2) is 22.7. The fraction of sp³-hybridized carbons (Fsp3) is 0.676. The smallest absolute Gasteiger partial charge is 0.372 e. The van der Waals surface area contributed by atoms with Crippen LogP contribution < -0.4 is 13.9 Å². The van der Waals surface area contributed by atoms with Crippen molar-refractivity contribution in [1.29, 1.82) is 0 Å². The lowest BCUT2D eigenvalue weighted by Gasteiger charge is -2.35. The molecule has 2 aromatic carbocycles. The highest BCUT2D eigenvalue weighted by atomic mass is 31.2. The Kier molecular flexibility index (Phi) is 20.7. The Morgan fingerprint density at radius 2 is 0.860 bits per heavy atom. The number of hydrogen-bond donors (Lipinski definition) is 0. The van der Waals surface area contributed by atoms with Crippen LogP contribution in [0.1, 0.15) is 119 Å². The van der Waals surface area contributed by atoms with Crippen molar-refractivity contribution < 1.29 is 23.0 Å². The largest absolute Gasteiger partial charge is 0.736 e. The Labute approximate surface area is 265 Å². The molecule has 0 fully saturated rings. The second-order valence-electron chi connectivity index (χ2n) is 13.8. The fourth-order valence-corrected chi connectivity index (χ4v) is 6.04. The van der Waals surface area contributed by atoms with Crippen molar-refractivity contribution in [2.24, 2.45) is 17.8 Å². The number of phosphoric acid groups is 1. The van der Waals surface area contributed by atoms with E-state index in [4.69, 9.17) is 9.05 Å². The van der Waals surface area contributed by atoms with Crippen molar-refractivity contribution in [3.63, 3.8) is 0 Å². The molecular weight excluding hydrogens is 553 g/mol. The Bertz CT molecular complexity index is 874. The highest BCUT2D eigenvalue weighted by Crippen LogP contribution is 2.40. The summed E-state index contributed by atoms with van der Waals surface area (Å²) in [7, 11) is -1.84. The van der Waals surface area contributed by atoms with Crippen molar-refractivity contribution >= 4 is 7.82 Å². The molecule has 0 aliphatic heterocycles. The molecule has 0 saturated carbocycles. The molecule has 0 bridgehead atoms. The minimum absolute atomic E-state index is 0.224. The molecule has 2 rings (SSSR count). The molecule has 5 nitrogen and oxygen atoms in total. The number of para-hydroxylation sites is 2. The number of phosphoric ester groups is 1. The van der Waals surface area contributed by atoms with Gasteiger partial charge in [-0.15, -0.1) is 0 Å². The van der Waals surface area contributed by atoms with E-state index in [0.717, 1.165) is 17.8 Å². The zero-order valence-corrected chi connectivity index (χ0v) is 29.5. The summed E-state index contributed by atoms with van der Waals surface area (Å²) in [6.07, 6.45) is 17.1. The topological polar surface area (TPSA) is 58.6 Å². The van der Waals surface area contributed by atoms with Crippen LogP contribution in [0.3, 0.4) is 0 Å². The van der Waals surface area contributed by atoms with Gasteiger partial charge in [-0.25, -0.2) is 4.57 Å². The van der Waals surface area contributed by atoms with E-state index in [1.54, 1.807) is 60.7 Å². The molecule has 0 unspecified atom stereocenters. The summed E-state index contributed by atoms with van der Waals surface area (Å²) in [5.41, 5.74) is 0. The van der Waals surface area contributed by atoms with Gasteiger partial charge in [0.1, 0.15) is 11.5 Å². The van der Waals surface area contributed by atoms with E-state index in [0.29, 0.717) is 0 Å². The number of benzene rings is 2. The summed E-state index contributed by atoms with van der Waals surface area (Å²) in [4.78, 5) is 11.6. The molecule has 0 atom stereocenters. The van der Waals surface area contributed by atoms with Crippen molar-refractivity contribution in [3.05, 3.63) is 60.7 Å². The van der Waals surface area contributed by atoms with Crippen LogP contribution in [0.2, 0.25) is 0 Å². The number of quaternary nitrogens is 1. The molecule has 0 amide bonds. The van der Waals surface area contributed by atoms with Crippen molar-refractivity contribution in [3.8, 4) is 11.5 Å². The van der Waals surface area contributed by atoms with Gasteiger partial charge in [0.2, 0.25) is 0 Å². The van der Waals surface area contributed by atoms with E-state index in [9.17, 15) is 9.46 Å². The SMILES string of the molecule is CC(C)CCCCC[N+](C)(CCCCCC(C)C)CCCCCC(C)C.O=P([O-])(Oc1ccccc1)Oc1ccccc1. The molecule has 246 valence electrons. The van der Waals surface area contributed by atoms with Gasteiger partial charge < -0.3 is 18.4 Å². The third kappa shape index (κ3) is 22.4. The Morgan fingerprint density at radius 3 is 1.14 bits per heavy atom. The number of rotatable bonds is 22. The minimum Gasteiger partial charge on any atom is -0.736 e. The summed E-state index contributed by atoms with van der Waals surface area (Å²) in [5, 5.41) is 0. The molecule has 0 N–H and O–H groups in total. The normalized spacial score (nSPS) is 12.0. The first kappa shape index (κ1) is 39.2. The lowest BCUT2D eigenvalue weighted by molar-refractivity contribution is -0.910. The third-order valence-corrected chi connectivity index (χ3v) is 8.73. The van der Waals surface area contributed by atoms with Gasteiger partial charge >= 0.3 is 7.82 Å². The lowest BCUT2D eigenvalue weighted by Crippen LogP contribution is -2.46. The minimum atomic E-state index is -4.39. The standard InChI is InChI=1S/C25H54N.C12H11O4P/c1-23(2)17-11-8-14-20-26(7,21-15-9-12-18-24(3)4)22-16-10-13-19-25(5)6;13-17(14,15-11-7-3-1-4-8-11)16-12-9-5-2-6-10-12/h23-25H,8-22H2,1-7H3;1-10H,(H,13,14)/q+1;/p-1. The van der Waals surface area contributed by atoms with Crippen LogP contribution in [0.4, 0.5) is 0 Å². The first-order valence-corrected chi connectivity index (χ1v) is 18.5. The Balaban J connectivity index is 0.000000465. The molecule has 6 heteroatoms. The highest BCUT2D eigenvalue weighted by Gasteiger charge is 2.20. The van der Waals surface area contributed by atoms with Gasteiger partial charge in [0.15, 0.2) is 0 Å². The van der Waals surface area contributed by atoms with Gasteiger partial charge in [0, 0.05) is 0 Å². The summed E-state index contributed by atoms with van der Waals surface area (Å²) in [6, 6.07) is 16.4. The molecule has 2 aromatic rings. The molecular formula is C37H64NO4P. The van der Waals surface area contributed by atoms with E-state index in [-0.39, 0.29) is 11.5 Å². The van der Waals surface area contributed by atoms with Gasteiger partial charge in [0.05, 0.1) is 26.7 Å². The van der Waals surface area contributed by atoms with Gasteiger partial charge in [-0.3, -0.25) is 0 Å². The third-order valence-electron chi connectivity index (χ3n) is 7.86. The molecule has 0 heterocycles. The summed E-state index contributed by atoms with van der Waals surface area (Å²) < 4.78 is 22.5. The monoisotopic (exact) mass is 617 g/mol. The summed E-state index contributed by atoms with van der Waals surface area (Å²) in [5.74, 6) is 3.07. The highest BCUT2D eigenvalue weighted by molar-refractivity contribution is 7.46. The maximum absolute atomic E-state index is 11.6.